The largest absolute Gasteiger partial charge is 0.185 e. The summed E-state index contributed by atoms with van der Waals surface area (Å²) in [6, 6.07) is 21.2. The molecule has 0 amide bonds. The van der Waals surface area contributed by atoms with Gasteiger partial charge in [-0.3, -0.25) is 0 Å². The summed E-state index contributed by atoms with van der Waals surface area (Å²) in [5.74, 6) is 0. The van der Waals surface area contributed by atoms with E-state index in [1.165, 1.54) is 22.1 Å². The van der Waals surface area contributed by atoms with Crippen LogP contribution in [-0.2, 0) is 0 Å². The Labute approximate surface area is 114 Å². The Hall–Kier alpha value is -1.50. The molecule has 3 heteroatoms. The van der Waals surface area contributed by atoms with E-state index in [4.69, 9.17) is 5.26 Å². The van der Waals surface area contributed by atoms with Crippen LogP contribution >= 0.6 is 11.8 Å². The highest BCUT2D eigenvalue weighted by Crippen LogP contribution is 2.12. The molecule has 1 unspecified atom stereocenters. The number of thioether (sulfide) groups is 1. The van der Waals surface area contributed by atoms with E-state index in [-0.39, 0.29) is 0 Å². The lowest BCUT2D eigenvalue weighted by molar-refractivity contribution is 1.37. The van der Waals surface area contributed by atoms with Crippen molar-refractivity contribution in [2.24, 2.45) is 0 Å². The van der Waals surface area contributed by atoms with E-state index in [1.807, 2.05) is 12.1 Å². The molecule has 0 aliphatic heterocycles. The monoisotopic (exact) mass is 269 g/mol. The lowest BCUT2D eigenvalue weighted by Crippen LogP contribution is -2.49. The third-order valence-electron chi connectivity index (χ3n) is 3.03. The highest BCUT2D eigenvalue weighted by molar-refractivity contribution is 8.05. The molecule has 0 radical (unpaired) electrons. The Morgan fingerprint density at radius 1 is 0.944 bits per heavy atom. The molecule has 18 heavy (non-hydrogen) atoms. The summed E-state index contributed by atoms with van der Waals surface area (Å²) in [5.41, 5.74) is 0. The standard InChI is InChI=1S/C15H15NSSi/c1-13(17-12-16)18(14-8-4-2-5-9-14)15-10-6-3-7-11-15/h2-11,13,18H,1H3. The molecule has 0 bridgehead atoms. The van der Waals surface area contributed by atoms with Crippen molar-refractivity contribution in [3.63, 3.8) is 0 Å². The Balaban J connectivity index is 2.39. The van der Waals surface area contributed by atoms with Crippen molar-refractivity contribution in [2.45, 2.75) is 11.8 Å². The summed E-state index contributed by atoms with van der Waals surface area (Å²) >= 11 is 1.40. The van der Waals surface area contributed by atoms with Crippen LogP contribution < -0.4 is 10.4 Å². The maximum Gasteiger partial charge on any atom is 0.133 e. The van der Waals surface area contributed by atoms with Gasteiger partial charge in [-0.2, -0.15) is 5.26 Å². The van der Waals surface area contributed by atoms with Gasteiger partial charge in [-0.15, -0.1) is 0 Å². The molecule has 1 nitrogen and oxygen atoms in total. The minimum atomic E-state index is -1.32. The van der Waals surface area contributed by atoms with Crippen LogP contribution in [0.15, 0.2) is 60.7 Å². The highest BCUT2D eigenvalue weighted by Gasteiger charge is 2.23. The molecular formula is C15H15NSSi. The molecule has 0 aliphatic carbocycles. The fourth-order valence-corrected chi connectivity index (χ4v) is 6.79. The Bertz CT molecular complexity index is 482. The fraction of sp³-hybridized carbons (Fsp3) is 0.133. The second kappa shape index (κ2) is 6.44. The van der Waals surface area contributed by atoms with E-state index in [0.717, 1.165) is 0 Å². The number of nitriles is 1. The fourth-order valence-electron chi connectivity index (χ4n) is 2.21. The van der Waals surface area contributed by atoms with Gasteiger partial charge < -0.3 is 0 Å². The molecule has 2 aromatic rings. The molecule has 0 spiro atoms. The summed E-state index contributed by atoms with van der Waals surface area (Å²) in [4.78, 5) is 0.375. The van der Waals surface area contributed by atoms with Crippen LogP contribution in [0.1, 0.15) is 6.92 Å². The Morgan fingerprint density at radius 3 is 1.78 bits per heavy atom. The number of thiocyanates is 1. The van der Waals surface area contributed by atoms with Crippen LogP contribution in [0.4, 0.5) is 0 Å². The molecular weight excluding hydrogens is 254 g/mol. The smallest absolute Gasteiger partial charge is 0.133 e. The first-order chi connectivity index (χ1) is 8.83. The van der Waals surface area contributed by atoms with Gasteiger partial charge in [0.2, 0.25) is 0 Å². The first-order valence-corrected chi connectivity index (χ1v) is 8.67. The first-order valence-electron chi connectivity index (χ1n) is 5.97. The van der Waals surface area contributed by atoms with Crippen LogP contribution in [-0.4, -0.2) is 13.7 Å². The Kier molecular flexibility index (Phi) is 4.63. The molecule has 0 saturated carbocycles. The predicted octanol–water partition coefficient (Wildman–Crippen LogP) is 2.17. The number of hydrogen-bond acceptors (Lipinski definition) is 2. The molecule has 0 aliphatic rings. The van der Waals surface area contributed by atoms with E-state index < -0.39 is 8.80 Å². The third kappa shape index (κ3) is 3.04. The van der Waals surface area contributed by atoms with Crippen LogP contribution in [0.25, 0.3) is 0 Å². The lowest BCUT2D eigenvalue weighted by atomic mass is 10.4. The SMILES string of the molecule is CC(SC#N)[SiH](c1ccccc1)c1ccccc1. The second-order valence-electron chi connectivity index (χ2n) is 4.21. The second-order valence-corrected chi connectivity index (χ2v) is 9.15. The van der Waals surface area contributed by atoms with Crippen LogP contribution in [0.5, 0.6) is 0 Å². The van der Waals surface area contributed by atoms with Gasteiger partial charge in [0.15, 0.2) is 0 Å². The molecule has 0 aromatic heterocycles. The Morgan fingerprint density at radius 2 is 1.39 bits per heavy atom. The minimum Gasteiger partial charge on any atom is -0.185 e. The van der Waals surface area contributed by atoms with Gasteiger partial charge in [-0.1, -0.05) is 78.0 Å². The number of hydrogen-bond donors (Lipinski definition) is 0. The van der Waals surface area contributed by atoms with Crippen molar-refractivity contribution in [3.05, 3.63) is 60.7 Å². The van der Waals surface area contributed by atoms with Crippen molar-refractivity contribution in [3.8, 4) is 5.40 Å². The number of rotatable bonds is 4. The molecule has 90 valence electrons. The maximum atomic E-state index is 8.91. The van der Waals surface area contributed by atoms with Gasteiger partial charge in [0.25, 0.3) is 0 Å². The lowest BCUT2D eigenvalue weighted by Gasteiger charge is -2.20. The topological polar surface area (TPSA) is 23.8 Å². The van der Waals surface area contributed by atoms with E-state index in [0.29, 0.717) is 4.87 Å². The van der Waals surface area contributed by atoms with Gasteiger partial charge in [-0.05, 0) is 11.8 Å². The van der Waals surface area contributed by atoms with E-state index in [9.17, 15) is 0 Å². The summed E-state index contributed by atoms with van der Waals surface area (Å²) in [5, 5.41) is 14.0. The summed E-state index contributed by atoms with van der Waals surface area (Å²) < 4.78 is 0. The molecule has 1 atom stereocenters. The zero-order valence-corrected chi connectivity index (χ0v) is 12.3. The van der Waals surface area contributed by atoms with Crippen LogP contribution in [0, 0.1) is 10.7 Å². The summed E-state index contributed by atoms with van der Waals surface area (Å²) in [6.07, 6.45) is 0. The highest BCUT2D eigenvalue weighted by atomic mass is 32.2. The molecule has 0 fully saturated rings. The van der Waals surface area contributed by atoms with Crippen molar-refractivity contribution in [2.75, 3.05) is 0 Å². The predicted molar refractivity (Wildman–Crippen MR) is 82.0 cm³/mol. The minimum absolute atomic E-state index is 0.375. The van der Waals surface area contributed by atoms with Crippen molar-refractivity contribution in [1.29, 1.82) is 5.26 Å². The van der Waals surface area contributed by atoms with E-state index in [2.05, 4.69) is 60.9 Å². The summed E-state index contributed by atoms with van der Waals surface area (Å²) in [7, 11) is -1.32. The maximum absolute atomic E-state index is 8.91. The molecule has 0 saturated heterocycles. The van der Waals surface area contributed by atoms with E-state index >= 15 is 0 Å². The van der Waals surface area contributed by atoms with Crippen molar-refractivity contribution in [1.82, 2.24) is 0 Å². The normalized spacial score (nSPS) is 12.1. The third-order valence-corrected chi connectivity index (χ3v) is 7.87. The van der Waals surface area contributed by atoms with Gasteiger partial charge in [-0.25, -0.2) is 0 Å². The van der Waals surface area contributed by atoms with Crippen LogP contribution in [0.2, 0.25) is 0 Å². The summed E-state index contributed by atoms with van der Waals surface area (Å²) in [6.45, 7) is 2.17. The average Bonchev–Trinajstić information content (AvgIpc) is 2.42. The van der Waals surface area contributed by atoms with E-state index in [1.54, 1.807) is 0 Å². The molecule has 0 N–H and O–H groups in total. The van der Waals surface area contributed by atoms with Crippen molar-refractivity contribution < 1.29 is 0 Å². The number of benzene rings is 2. The zero-order chi connectivity index (χ0) is 12.8. The average molecular weight is 269 g/mol. The van der Waals surface area contributed by atoms with Gasteiger partial charge in [0.05, 0.1) is 0 Å². The quantitative estimate of drug-likeness (QED) is 0.627. The van der Waals surface area contributed by atoms with Crippen LogP contribution in [0.3, 0.4) is 0 Å². The zero-order valence-electron chi connectivity index (χ0n) is 10.3. The van der Waals surface area contributed by atoms with Gasteiger partial charge >= 0.3 is 0 Å². The first kappa shape index (κ1) is 12.9. The molecule has 2 aromatic carbocycles. The molecule has 0 heterocycles. The number of nitrogens with zero attached hydrogens (tertiary/aromatic N) is 1. The van der Waals surface area contributed by atoms with Gasteiger partial charge in [0, 0.05) is 4.87 Å². The molecule has 2 rings (SSSR count). The van der Waals surface area contributed by atoms with Crippen molar-refractivity contribution >= 4 is 30.9 Å². The van der Waals surface area contributed by atoms with Gasteiger partial charge in [0.1, 0.15) is 14.2 Å².